The monoisotopic (exact) mass is 888 g/mol. The van der Waals surface area contributed by atoms with Crippen molar-refractivity contribution >= 4 is 109 Å². The molecule has 0 saturated heterocycles. The second-order valence-corrected chi connectivity index (χ2v) is 18.2. The van der Waals surface area contributed by atoms with Crippen molar-refractivity contribution in [2.24, 2.45) is 0 Å². The van der Waals surface area contributed by atoms with Crippen LogP contribution in [-0.4, -0.2) is 18.3 Å². The Labute approximate surface area is 400 Å². The lowest BCUT2D eigenvalue weighted by Crippen LogP contribution is -2.04. The molecule has 4 aromatic heterocycles. The molecule has 0 amide bonds. The first-order valence-electron chi connectivity index (χ1n) is 23.6. The van der Waals surface area contributed by atoms with Crippen LogP contribution in [0.2, 0.25) is 0 Å². The van der Waals surface area contributed by atoms with Gasteiger partial charge in [0.1, 0.15) is 12.1 Å². The highest BCUT2D eigenvalue weighted by atomic mass is 15.0. The van der Waals surface area contributed by atoms with E-state index in [0.29, 0.717) is 22.5 Å². The molecule has 0 unspecified atom stereocenters. The largest absolute Gasteiger partial charge is 0.309 e. The fourth-order valence-corrected chi connectivity index (χ4v) is 12.0. The molecular formula is C64H36N6. The normalized spacial score (nSPS) is 12.0. The lowest BCUT2D eigenvalue weighted by molar-refractivity contribution is 1.13. The first-order chi connectivity index (χ1) is 34.7. The number of rotatable bonds is 4. The Morgan fingerprint density at radius 1 is 0.271 bits per heavy atom. The van der Waals surface area contributed by atoms with Crippen molar-refractivity contribution in [3.8, 4) is 34.9 Å². The Morgan fingerprint density at radius 2 is 0.629 bits per heavy atom. The van der Waals surface area contributed by atoms with E-state index in [1.54, 1.807) is 0 Å². The molecule has 0 atom stereocenters. The predicted octanol–water partition coefficient (Wildman–Crippen LogP) is 16.1. The number of hydrogen-bond acceptors (Lipinski definition) is 2. The Hall–Kier alpha value is -9.88. The van der Waals surface area contributed by atoms with Crippen LogP contribution in [0.1, 0.15) is 11.1 Å². The lowest BCUT2D eigenvalue weighted by Gasteiger charge is -2.16. The van der Waals surface area contributed by atoms with E-state index in [0.717, 1.165) is 120 Å². The van der Waals surface area contributed by atoms with Gasteiger partial charge in [0, 0.05) is 54.5 Å². The zero-order valence-electron chi connectivity index (χ0n) is 37.5. The van der Waals surface area contributed by atoms with Gasteiger partial charge in [-0.05, 0) is 94.3 Å². The lowest BCUT2D eigenvalue weighted by atomic mass is 10.0. The standard InChI is InChI=1S/C64H36N6/c65-37-41-36-58(70-52-26-14-12-24-48(52)50-30-34-56-62(64(50)70)60-46-22-10-8-16-40(46)28-32-54(60)68(56)44-19-5-2-6-20-44)42(38-66)35-57(41)69-51-25-13-11-23-47(51)49-29-33-55-61(63(49)69)59-45-21-9-7-15-39(45)27-31-53(59)67(55)43-17-3-1-4-18-43/h1-36H. The number of benzene rings is 11. The van der Waals surface area contributed by atoms with Gasteiger partial charge in [-0.15, -0.1) is 0 Å². The number of nitriles is 2. The zero-order chi connectivity index (χ0) is 46.2. The van der Waals surface area contributed by atoms with Crippen LogP contribution in [0.4, 0.5) is 0 Å². The van der Waals surface area contributed by atoms with Crippen LogP contribution in [0.5, 0.6) is 0 Å². The fourth-order valence-electron chi connectivity index (χ4n) is 12.0. The topological polar surface area (TPSA) is 67.3 Å². The van der Waals surface area contributed by atoms with Gasteiger partial charge in [-0.3, -0.25) is 0 Å². The van der Waals surface area contributed by atoms with Gasteiger partial charge < -0.3 is 18.3 Å². The maximum atomic E-state index is 11.6. The number of aromatic nitrogens is 4. The van der Waals surface area contributed by atoms with Gasteiger partial charge in [0.15, 0.2) is 0 Å². The van der Waals surface area contributed by atoms with Gasteiger partial charge in [0.2, 0.25) is 0 Å². The van der Waals surface area contributed by atoms with E-state index in [1.807, 2.05) is 12.1 Å². The van der Waals surface area contributed by atoms with Crippen molar-refractivity contribution in [3.05, 3.63) is 230 Å². The Morgan fingerprint density at radius 3 is 1.06 bits per heavy atom. The predicted molar refractivity (Wildman–Crippen MR) is 288 cm³/mol. The van der Waals surface area contributed by atoms with E-state index in [2.05, 4.69) is 237 Å². The summed E-state index contributed by atoms with van der Waals surface area (Å²) >= 11 is 0. The molecule has 0 aliphatic carbocycles. The highest BCUT2D eigenvalue weighted by Crippen LogP contribution is 2.47. The zero-order valence-corrected chi connectivity index (χ0v) is 37.5. The summed E-state index contributed by atoms with van der Waals surface area (Å²) in [4.78, 5) is 0. The van der Waals surface area contributed by atoms with E-state index < -0.39 is 0 Å². The second-order valence-electron chi connectivity index (χ2n) is 18.2. The molecule has 15 aromatic rings. The van der Waals surface area contributed by atoms with Crippen LogP contribution in [0.15, 0.2) is 218 Å². The van der Waals surface area contributed by atoms with E-state index >= 15 is 0 Å². The fraction of sp³-hybridized carbons (Fsp3) is 0. The molecule has 322 valence electrons. The number of fused-ring (bicyclic) bond motifs is 18. The summed E-state index contributed by atoms with van der Waals surface area (Å²) in [7, 11) is 0. The maximum absolute atomic E-state index is 11.6. The van der Waals surface area contributed by atoms with Gasteiger partial charge in [-0.2, -0.15) is 10.5 Å². The third-order valence-corrected chi connectivity index (χ3v) is 14.8. The first kappa shape index (κ1) is 38.2. The summed E-state index contributed by atoms with van der Waals surface area (Å²) in [6, 6.07) is 82.2. The molecule has 0 saturated carbocycles. The van der Waals surface area contributed by atoms with Crippen LogP contribution in [-0.2, 0) is 0 Å². The molecule has 0 aliphatic heterocycles. The van der Waals surface area contributed by atoms with Gasteiger partial charge in [0.25, 0.3) is 0 Å². The summed E-state index contributed by atoms with van der Waals surface area (Å²) < 4.78 is 9.20. The second kappa shape index (κ2) is 14.3. The van der Waals surface area contributed by atoms with E-state index in [-0.39, 0.29) is 0 Å². The molecule has 0 bridgehead atoms. The maximum Gasteiger partial charge on any atom is 0.101 e. The van der Waals surface area contributed by atoms with Crippen LogP contribution in [0, 0.1) is 22.7 Å². The number of hydrogen-bond donors (Lipinski definition) is 0. The Kier molecular flexibility index (Phi) is 7.82. The molecule has 0 radical (unpaired) electrons. The summed E-state index contributed by atoms with van der Waals surface area (Å²) in [5.41, 5.74) is 12.5. The van der Waals surface area contributed by atoms with E-state index in [4.69, 9.17) is 0 Å². The Balaban J connectivity index is 1.10. The van der Waals surface area contributed by atoms with Gasteiger partial charge >= 0.3 is 0 Å². The third kappa shape index (κ3) is 5.03. The molecule has 6 nitrogen and oxygen atoms in total. The minimum atomic E-state index is 0.459. The highest BCUT2D eigenvalue weighted by molar-refractivity contribution is 6.33. The molecule has 0 spiro atoms. The summed E-state index contributed by atoms with van der Waals surface area (Å²) in [5, 5.41) is 36.4. The van der Waals surface area contributed by atoms with Gasteiger partial charge in [-0.1, -0.05) is 146 Å². The van der Waals surface area contributed by atoms with Crippen molar-refractivity contribution in [3.63, 3.8) is 0 Å². The van der Waals surface area contributed by atoms with E-state index in [1.165, 1.54) is 0 Å². The minimum Gasteiger partial charge on any atom is -0.309 e. The average Bonchev–Trinajstić information content (AvgIpc) is 4.16. The highest BCUT2D eigenvalue weighted by Gasteiger charge is 2.27. The van der Waals surface area contributed by atoms with Crippen LogP contribution in [0.25, 0.3) is 132 Å². The number of para-hydroxylation sites is 4. The quantitative estimate of drug-likeness (QED) is 0.177. The van der Waals surface area contributed by atoms with Crippen molar-refractivity contribution in [1.82, 2.24) is 18.3 Å². The molecule has 0 fully saturated rings. The molecule has 6 heteroatoms. The van der Waals surface area contributed by atoms with Crippen LogP contribution >= 0.6 is 0 Å². The molecule has 4 heterocycles. The SMILES string of the molecule is N#Cc1cc(-n2c3ccccc3c3ccc4c(c5c6ccccc6ccc5n4-c4ccccc4)c32)c(C#N)cc1-n1c2ccccc2c2ccc3c(c4c5ccccc5ccc4n3-c3ccccc3)c21. The van der Waals surface area contributed by atoms with Crippen molar-refractivity contribution in [2.45, 2.75) is 0 Å². The summed E-state index contributed by atoms with van der Waals surface area (Å²) in [5.74, 6) is 0. The smallest absolute Gasteiger partial charge is 0.101 e. The molecule has 11 aromatic carbocycles. The summed E-state index contributed by atoms with van der Waals surface area (Å²) in [6.07, 6.45) is 0. The van der Waals surface area contributed by atoms with Crippen molar-refractivity contribution in [2.75, 3.05) is 0 Å². The average molecular weight is 889 g/mol. The van der Waals surface area contributed by atoms with Crippen LogP contribution < -0.4 is 0 Å². The molecule has 70 heavy (non-hydrogen) atoms. The van der Waals surface area contributed by atoms with Gasteiger partial charge in [-0.25, -0.2) is 0 Å². The Bertz CT molecular complexity index is 4530. The van der Waals surface area contributed by atoms with Gasteiger partial charge in [0.05, 0.1) is 66.6 Å². The number of nitrogens with zero attached hydrogens (tertiary/aromatic N) is 6. The van der Waals surface area contributed by atoms with Crippen molar-refractivity contribution in [1.29, 1.82) is 10.5 Å². The third-order valence-electron chi connectivity index (χ3n) is 14.8. The molecule has 0 aliphatic rings. The van der Waals surface area contributed by atoms with E-state index in [9.17, 15) is 10.5 Å². The first-order valence-corrected chi connectivity index (χ1v) is 23.6. The molecular weight excluding hydrogens is 853 g/mol. The van der Waals surface area contributed by atoms with Crippen molar-refractivity contribution < 1.29 is 0 Å². The molecule has 15 rings (SSSR count). The summed E-state index contributed by atoms with van der Waals surface area (Å²) in [6.45, 7) is 0. The minimum absolute atomic E-state index is 0.459. The molecule has 0 N–H and O–H groups in total. The van der Waals surface area contributed by atoms with Crippen LogP contribution in [0.3, 0.4) is 0 Å².